The van der Waals surface area contributed by atoms with Crippen molar-refractivity contribution >= 4 is 57.8 Å². The molecule has 0 aliphatic carbocycles. The van der Waals surface area contributed by atoms with Gasteiger partial charge in [-0.1, -0.05) is 36.1 Å². The Morgan fingerprint density at radius 3 is 2.47 bits per heavy atom. The number of carboxylic acid groups (broad SMARTS) is 1. The zero-order valence-corrected chi connectivity index (χ0v) is 21.2. The molecule has 4 rings (SSSR count). The zero-order valence-electron chi connectivity index (χ0n) is 19.5. The first-order chi connectivity index (χ1) is 17.1. The molecule has 1 aromatic carbocycles. The maximum Gasteiger partial charge on any atom is 0.323 e. The van der Waals surface area contributed by atoms with Gasteiger partial charge in [0.2, 0.25) is 0 Å². The number of carbonyl (C=O) groups is 2. The molecule has 0 saturated carbocycles. The van der Waals surface area contributed by atoms with Gasteiger partial charge in [-0.15, -0.1) is 0 Å². The molecule has 2 aromatic rings. The monoisotopic (exact) mass is 527 g/mol. The van der Waals surface area contributed by atoms with Crippen LogP contribution in [0.15, 0.2) is 34.0 Å². The highest BCUT2D eigenvalue weighted by molar-refractivity contribution is 8.26. The van der Waals surface area contributed by atoms with Crippen molar-refractivity contribution < 1.29 is 19.1 Å². The minimum atomic E-state index is -1.19. The third kappa shape index (κ3) is 4.59. The van der Waals surface area contributed by atoms with Crippen LogP contribution in [0.5, 0.6) is 0 Å². The number of hydrogen-bond donors (Lipinski definition) is 1. The van der Waals surface area contributed by atoms with Gasteiger partial charge in [0.25, 0.3) is 11.5 Å². The number of para-hydroxylation sites is 1. The molecular weight excluding hydrogens is 505 g/mol. The summed E-state index contributed by atoms with van der Waals surface area (Å²) in [5.41, 5.74) is 0.916. The van der Waals surface area contributed by atoms with E-state index in [2.05, 4.69) is 0 Å². The molecule has 0 spiro atoms. The van der Waals surface area contributed by atoms with Crippen LogP contribution in [-0.2, 0) is 16.6 Å². The Labute approximate surface area is 216 Å². The van der Waals surface area contributed by atoms with Crippen LogP contribution in [0.2, 0.25) is 0 Å². The molecule has 0 unspecified atom stereocenters. The Bertz CT molecular complexity index is 1410. The standard InChI is InChI=1S/C24H22FN5O4S2/c1-14-15(11-19-23(34)30(13-20(31)32)24(35)36-19)21(27(2)22(33)16(14)12-26)29-9-7-28(8-10-29)18-6-4-3-5-17(18)25/h3-6,11H,7-10,13H2,1-2H3,(H,31,32)/b19-11+. The summed E-state index contributed by atoms with van der Waals surface area (Å²) in [7, 11) is 1.56. The maximum absolute atomic E-state index is 14.3. The smallest absolute Gasteiger partial charge is 0.323 e. The average molecular weight is 528 g/mol. The number of carboxylic acids is 1. The molecule has 0 atom stereocenters. The summed E-state index contributed by atoms with van der Waals surface area (Å²) in [6.45, 7) is 3.01. The number of aliphatic carboxylic acids is 1. The number of benzene rings is 1. The van der Waals surface area contributed by atoms with Crippen molar-refractivity contribution in [2.45, 2.75) is 6.92 Å². The summed E-state index contributed by atoms with van der Waals surface area (Å²) in [6.07, 6.45) is 1.56. The predicted octanol–water partition coefficient (Wildman–Crippen LogP) is 2.32. The van der Waals surface area contributed by atoms with Gasteiger partial charge in [-0.2, -0.15) is 5.26 Å². The topological polar surface area (TPSA) is 110 Å². The molecule has 1 amide bonds. The Hall–Kier alpha value is -3.69. The summed E-state index contributed by atoms with van der Waals surface area (Å²) in [5.74, 6) is -1.52. The Morgan fingerprint density at radius 2 is 1.86 bits per heavy atom. The highest BCUT2D eigenvalue weighted by Gasteiger charge is 2.34. The van der Waals surface area contributed by atoms with Gasteiger partial charge in [-0.05, 0) is 30.7 Å². The predicted molar refractivity (Wildman–Crippen MR) is 139 cm³/mol. The van der Waals surface area contributed by atoms with Gasteiger partial charge in [0.15, 0.2) is 0 Å². The van der Waals surface area contributed by atoms with Crippen LogP contribution in [0.4, 0.5) is 15.9 Å². The molecule has 0 bridgehead atoms. The molecule has 2 aliphatic rings. The number of pyridine rings is 1. The van der Waals surface area contributed by atoms with Crippen molar-refractivity contribution in [3.63, 3.8) is 0 Å². The van der Waals surface area contributed by atoms with Crippen molar-refractivity contribution in [1.82, 2.24) is 9.47 Å². The van der Waals surface area contributed by atoms with Gasteiger partial charge in [0, 0.05) is 38.8 Å². The molecule has 2 saturated heterocycles. The van der Waals surface area contributed by atoms with Gasteiger partial charge in [0.05, 0.1) is 10.6 Å². The van der Waals surface area contributed by atoms with Gasteiger partial charge >= 0.3 is 5.97 Å². The molecule has 1 N–H and O–H groups in total. The number of anilines is 2. The van der Waals surface area contributed by atoms with Crippen LogP contribution < -0.4 is 15.4 Å². The number of carbonyl (C=O) groups excluding carboxylic acids is 1. The third-order valence-electron chi connectivity index (χ3n) is 6.18. The molecule has 9 nitrogen and oxygen atoms in total. The first kappa shape index (κ1) is 25.4. The molecule has 0 radical (unpaired) electrons. The van der Waals surface area contributed by atoms with Crippen molar-refractivity contribution in [1.29, 1.82) is 5.26 Å². The molecule has 36 heavy (non-hydrogen) atoms. The van der Waals surface area contributed by atoms with Crippen molar-refractivity contribution in [3.8, 4) is 6.07 Å². The zero-order chi connectivity index (χ0) is 26.1. The Kier molecular flexibility index (Phi) is 7.14. The second-order valence-corrected chi connectivity index (χ2v) is 9.98. The van der Waals surface area contributed by atoms with Crippen molar-refractivity contribution in [2.75, 3.05) is 42.5 Å². The molecule has 3 heterocycles. The van der Waals surface area contributed by atoms with Gasteiger partial charge in [-0.3, -0.25) is 23.9 Å². The number of nitrogens with zero attached hydrogens (tertiary/aromatic N) is 5. The first-order valence-corrected chi connectivity index (χ1v) is 12.2. The maximum atomic E-state index is 14.3. The van der Waals surface area contributed by atoms with E-state index in [0.29, 0.717) is 48.8 Å². The number of hydrogen-bond acceptors (Lipinski definition) is 8. The number of thiocarbonyl (C=S) groups is 1. The number of nitriles is 1. The van der Waals surface area contributed by atoms with E-state index >= 15 is 0 Å². The lowest BCUT2D eigenvalue weighted by atomic mass is 10.0. The minimum Gasteiger partial charge on any atom is -0.480 e. The molecule has 186 valence electrons. The van der Waals surface area contributed by atoms with Gasteiger partial charge in [0.1, 0.15) is 34.1 Å². The van der Waals surface area contributed by atoms with Crippen LogP contribution in [0.3, 0.4) is 0 Å². The molecule has 1 aromatic heterocycles. The average Bonchev–Trinajstić information content (AvgIpc) is 3.10. The summed E-state index contributed by atoms with van der Waals surface area (Å²) in [4.78, 5) is 42.1. The van der Waals surface area contributed by atoms with Crippen molar-refractivity contribution in [2.24, 2.45) is 7.05 Å². The third-order valence-corrected chi connectivity index (χ3v) is 7.56. The van der Waals surface area contributed by atoms with Crippen molar-refractivity contribution in [3.05, 3.63) is 62.0 Å². The number of amides is 1. The number of rotatable bonds is 5. The number of piperazine rings is 1. The molecule has 2 fully saturated rings. The number of halogens is 1. The Morgan fingerprint density at radius 1 is 1.22 bits per heavy atom. The van der Waals surface area contributed by atoms with E-state index in [1.54, 1.807) is 38.2 Å². The highest BCUT2D eigenvalue weighted by Crippen LogP contribution is 2.36. The van der Waals surface area contributed by atoms with Crippen LogP contribution in [0.1, 0.15) is 16.7 Å². The minimum absolute atomic E-state index is 0.0430. The van der Waals surface area contributed by atoms with Gasteiger partial charge < -0.3 is 14.9 Å². The lowest BCUT2D eigenvalue weighted by Crippen LogP contribution is -2.48. The second kappa shape index (κ2) is 10.1. The Balaban J connectivity index is 1.74. The van der Waals surface area contributed by atoms with E-state index in [4.69, 9.17) is 17.3 Å². The SMILES string of the molecule is Cc1c(/C=C2/SC(=S)N(CC(=O)O)C2=O)c(N2CCN(c3ccccc3F)CC2)n(C)c(=O)c1C#N. The summed E-state index contributed by atoms with van der Waals surface area (Å²) in [6, 6.07) is 8.49. The van der Waals surface area contributed by atoms with Crippen LogP contribution in [0.25, 0.3) is 6.08 Å². The largest absolute Gasteiger partial charge is 0.480 e. The number of thioether (sulfide) groups is 1. The second-order valence-electron chi connectivity index (χ2n) is 8.30. The van der Waals surface area contributed by atoms with E-state index in [1.807, 2.05) is 15.9 Å². The van der Waals surface area contributed by atoms with Crippen LogP contribution in [0, 0.1) is 24.1 Å². The normalized spacial score (nSPS) is 17.2. The highest BCUT2D eigenvalue weighted by atomic mass is 32.2. The van der Waals surface area contributed by atoms with Gasteiger partial charge in [-0.25, -0.2) is 4.39 Å². The van der Waals surface area contributed by atoms with E-state index in [1.165, 1.54) is 10.6 Å². The molecule has 12 heteroatoms. The van der Waals surface area contributed by atoms with Crippen LogP contribution >= 0.6 is 24.0 Å². The lowest BCUT2D eigenvalue weighted by Gasteiger charge is -2.38. The summed E-state index contributed by atoms with van der Waals surface area (Å²) in [5, 5.41) is 18.7. The fraction of sp³-hybridized carbons (Fsp3) is 0.292. The van der Waals surface area contributed by atoms with E-state index in [-0.39, 0.29) is 20.6 Å². The van der Waals surface area contributed by atoms with E-state index in [0.717, 1.165) is 16.7 Å². The summed E-state index contributed by atoms with van der Waals surface area (Å²) < 4.78 is 15.8. The fourth-order valence-corrected chi connectivity index (χ4v) is 5.60. The number of aromatic nitrogens is 1. The summed E-state index contributed by atoms with van der Waals surface area (Å²) >= 11 is 6.17. The van der Waals surface area contributed by atoms with E-state index < -0.39 is 24.0 Å². The van der Waals surface area contributed by atoms with E-state index in [9.17, 15) is 24.0 Å². The molecular formula is C24H22FN5O4S2. The molecule has 2 aliphatic heterocycles. The van der Waals surface area contributed by atoms with Crippen LogP contribution in [-0.4, -0.2) is 63.5 Å². The quantitative estimate of drug-likeness (QED) is 0.463. The fourth-order valence-electron chi connectivity index (χ4n) is 4.36. The lowest BCUT2D eigenvalue weighted by molar-refractivity contribution is -0.140. The first-order valence-electron chi connectivity index (χ1n) is 11.0.